The lowest BCUT2D eigenvalue weighted by Gasteiger charge is -2.41. The van der Waals surface area contributed by atoms with Gasteiger partial charge in [0, 0.05) is 26.2 Å². The molecule has 1 fully saturated rings. The van der Waals surface area contributed by atoms with E-state index in [9.17, 15) is 18.0 Å². The summed E-state index contributed by atoms with van der Waals surface area (Å²) in [6.45, 7) is 4.95. The molecule has 1 amide bonds. The van der Waals surface area contributed by atoms with Gasteiger partial charge >= 0.3 is 5.97 Å². The molecule has 12 heteroatoms. The van der Waals surface area contributed by atoms with Crippen molar-refractivity contribution in [3.05, 3.63) is 64.5 Å². The van der Waals surface area contributed by atoms with Crippen molar-refractivity contribution in [2.45, 2.75) is 63.1 Å². The van der Waals surface area contributed by atoms with E-state index in [1.54, 1.807) is 4.90 Å². The van der Waals surface area contributed by atoms with E-state index in [1.165, 1.54) is 27.8 Å². The molecule has 4 rings (SSSR count). The van der Waals surface area contributed by atoms with E-state index >= 15 is 0 Å². The van der Waals surface area contributed by atoms with E-state index in [-0.39, 0.29) is 31.2 Å². The van der Waals surface area contributed by atoms with Crippen molar-refractivity contribution in [3.63, 3.8) is 0 Å². The summed E-state index contributed by atoms with van der Waals surface area (Å²) in [7, 11) is -3.78. The monoisotopic (exact) mass is 573 g/mol. The number of aromatic nitrogens is 2. The predicted molar refractivity (Wildman–Crippen MR) is 152 cm³/mol. The molecular formula is C27H35N5O5S2. The van der Waals surface area contributed by atoms with Gasteiger partial charge in [-0.1, -0.05) is 57.0 Å². The lowest BCUT2D eigenvalue weighted by Crippen LogP contribution is -2.61. The largest absolute Gasteiger partial charge is 0.476 e. The lowest BCUT2D eigenvalue weighted by molar-refractivity contribution is -0.125. The number of thioether (sulfide) groups is 1. The molecular weight excluding hydrogens is 538 g/mol. The molecule has 0 saturated carbocycles. The Hall–Kier alpha value is -2.96. The van der Waals surface area contributed by atoms with Crippen LogP contribution in [0.4, 0.5) is 5.82 Å². The minimum atomic E-state index is -3.78. The number of nitrogens with zero attached hydrogens (tertiary/aromatic N) is 4. The summed E-state index contributed by atoms with van der Waals surface area (Å²) >= 11 is 1.37. The minimum Gasteiger partial charge on any atom is -0.476 e. The van der Waals surface area contributed by atoms with Crippen LogP contribution in [-0.4, -0.2) is 69.9 Å². The Morgan fingerprint density at radius 3 is 2.41 bits per heavy atom. The number of hydrogen-bond donors (Lipinski definition) is 2. The number of nitrogens with one attached hydrogen (secondary N) is 1. The number of carbonyl (C=O) groups is 2. The predicted octanol–water partition coefficient (Wildman–Crippen LogP) is 3.41. The number of rotatable bonds is 11. The van der Waals surface area contributed by atoms with Crippen molar-refractivity contribution in [2.75, 3.05) is 24.5 Å². The van der Waals surface area contributed by atoms with Crippen LogP contribution in [0.5, 0.6) is 0 Å². The van der Waals surface area contributed by atoms with Crippen LogP contribution in [0.15, 0.2) is 47.6 Å². The molecule has 3 heterocycles. The zero-order valence-electron chi connectivity index (χ0n) is 22.2. The van der Waals surface area contributed by atoms with E-state index in [2.05, 4.69) is 29.1 Å². The third-order valence-corrected chi connectivity index (χ3v) is 10.9. The molecule has 2 N–H and O–H groups in total. The van der Waals surface area contributed by atoms with Gasteiger partial charge in [-0.2, -0.15) is 4.31 Å². The van der Waals surface area contributed by atoms with Crippen molar-refractivity contribution < 1.29 is 23.1 Å². The lowest BCUT2D eigenvalue weighted by atomic mass is 10.1. The van der Waals surface area contributed by atoms with Crippen LogP contribution in [0.1, 0.15) is 61.1 Å². The number of carboxylic acids is 1. The highest BCUT2D eigenvalue weighted by atomic mass is 32.3. The maximum absolute atomic E-state index is 13.8. The van der Waals surface area contributed by atoms with E-state index < -0.39 is 26.6 Å². The summed E-state index contributed by atoms with van der Waals surface area (Å²) in [5.41, 5.74) is 1.97. The Morgan fingerprint density at radius 2 is 1.77 bits per heavy atom. The van der Waals surface area contributed by atoms with Crippen LogP contribution in [0, 0.1) is 0 Å². The van der Waals surface area contributed by atoms with Gasteiger partial charge in [0.15, 0.2) is 5.69 Å². The molecule has 2 aliphatic rings. The summed E-state index contributed by atoms with van der Waals surface area (Å²) < 4.78 is 28.2. The number of sulfonamides is 1. The van der Waals surface area contributed by atoms with Gasteiger partial charge in [-0.05, 0) is 35.3 Å². The molecule has 10 nitrogen and oxygen atoms in total. The summed E-state index contributed by atoms with van der Waals surface area (Å²) in [5, 5.41) is 12.1. The van der Waals surface area contributed by atoms with Gasteiger partial charge in [-0.3, -0.25) is 4.79 Å². The van der Waals surface area contributed by atoms with Crippen molar-refractivity contribution in [2.24, 2.45) is 0 Å². The fourth-order valence-electron chi connectivity index (χ4n) is 4.74. The van der Waals surface area contributed by atoms with Crippen LogP contribution in [0.3, 0.4) is 0 Å². The van der Waals surface area contributed by atoms with Gasteiger partial charge in [0.2, 0.25) is 15.9 Å². The maximum atomic E-state index is 13.8. The van der Waals surface area contributed by atoms with Gasteiger partial charge in [0.25, 0.3) is 0 Å². The standard InChI is InChI=1S/C27H35N5O5S2/c1-3-5-19-7-9-20(10-8-19)15-30-26(33)23-18-31(24-17-28-22(16-29-24)27(34)35)13-14-32(23)39(36,37)25-12-11-21(38-25)6-4-2/h7-11,16-17,23,25H,3-6,12-15,18H2,1-2H3,(H,30,33)(H,34,35)/t23-,25?/m1/s1. The average molecular weight is 574 g/mol. The summed E-state index contributed by atoms with van der Waals surface area (Å²) in [4.78, 5) is 35.7. The molecule has 0 spiro atoms. The second kappa shape index (κ2) is 12.9. The molecule has 1 saturated heterocycles. The number of benzene rings is 1. The summed E-state index contributed by atoms with van der Waals surface area (Å²) in [6, 6.07) is 7.06. The zero-order valence-corrected chi connectivity index (χ0v) is 23.9. The topological polar surface area (TPSA) is 133 Å². The molecule has 0 radical (unpaired) electrons. The van der Waals surface area contributed by atoms with Gasteiger partial charge < -0.3 is 15.3 Å². The number of carbonyl (C=O) groups excluding carboxylic acids is 1. The molecule has 2 aliphatic heterocycles. The van der Waals surface area contributed by atoms with Crippen molar-refractivity contribution >= 4 is 39.5 Å². The third-order valence-electron chi connectivity index (χ3n) is 6.82. The second-order valence-corrected chi connectivity index (χ2v) is 13.4. The quantitative estimate of drug-likeness (QED) is 0.415. The number of carboxylic acid groups (broad SMARTS) is 1. The van der Waals surface area contributed by atoms with Gasteiger partial charge in [0.05, 0.1) is 12.4 Å². The van der Waals surface area contributed by atoms with Crippen LogP contribution >= 0.6 is 11.8 Å². The number of amides is 1. The normalized spacial score (nSPS) is 20.1. The Labute approximate surface area is 234 Å². The number of piperazine rings is 1. The van der Waals surface area contributed by atoms with Crippen LogP contribution < -0.4 is 10.2 Å². The Balaban J connectivity index is 1.52. The molecule has 1 aromatic heterocycles. The van der Waals surface area contributed by atoms with Crippen LogP contribution in [0.2, 0.25) is 0 Å². The van der Waals surface area contributed by atoms with E-state index in [4.69, 9.17) is 5.11 Å². The third kappa shape index (κ3) is 6.98. The molecule has 2 aromatic rings. The van der Waals surface area contributed by atoms with Gasteiger partial charge in [-0.15, -0.1) is 11.8 Å². The highest BCUT2D eigenvalue weighted by Gasteiger charge is 2.44. The molecule has 210 valence electrons. The Bertz CT molecular complexity index is 1300. The molecule has 0 aliphatic carbocycles. The molecule has 1 aromatic carbocycles. The van der Waals surface area contributed by atoms with Crippen molar-refractivity contribution in [1.29, 1.82) is 0 Å². The minimum absolute atomic E-state index is 0.0776. The zero-order chi connectivity index (χ0) is 28.0. The van der Waals surface area contributed by atoms with Crippen molar-refractivity contribution in [1.82, 2.24) is 19.6 Å². The highest BCUT2D eigenvalue weighted by molar-refractivity contribution is 8.15. The van der Waals surface area contributed by atoms with Crippen molar-refractivity contribution in [3.8, 4) is 0 Å². The molecule has 0 bridgehead atoms. The smallest absolute Gasteiger partial charge is 0.356 e. The van der Waals surface area contributed by atoms with Gasteiger partial charge in [-0.25, -0.2) is 23.2 Å². The van der Waals surface area contributed by atoms with E-state index in [1.807, 2.05) is 30.3 Å². The Kier molecular flexibility index (Phi) is 9.62. The fourth-order valence-corrected chi connectivity index (χ4v) is 8.47. The number of allylic oxidation sites excluding steroid dienone is 2. The number of anilines is 1. The van der Waals surface area contributed by atoms with E-state index in [0.717, 1.165) is 42.3 Å². The molecule has 39 heavy (non-hydrogen) atoms. The average Bonchev–Trinajstić information content (AvgIpc) is 3.42. The number of hydrogen-bond acceptors (Lipinski definition) is 8. The maximum Gasteiger partial charge on any atom is 0.356 e. The first-order valence-electron chi connectivity index (χ1n) is 13.2. The highest BCUT2D eigenvalue weighted by Crippen LogP contribution is 2.40. The first kappa shape index (κ1) is 29.0. The first-order chi connectivity index (χ1) is 18.7. The fraction of sp³-hybridized carbons (Fsp3) is 0.481. The molecule has 1 unspecified atom stereocenters. The Morgan fingerprint density at radius 1 is 1.05 bits per heavy atom. The van der Waals surface area contributed by atoms with Gasteiger partial charge in [0.1, 0.15) is 16.4 Å². The summed E-state index contributed by atoms with van der Waals surface area (Å²) in [5.74, 6) is -1.18. The second-order valence-electron chi connectivity index (χ2n) is 9.67. The number of aromatic carboxylic acids is 1. The SMILES string of the molecule is CCCC1=CCC(S(=O)(=O)N2CCN(c3cnc(C(=O)O)cn3)C[C@@H]2C(=O)NCc2ccc(CCC)cc2)S1. The molecule has 2 atom stereocenters. The summed E-state index contributed by atoms with van der Waals surface area (Å²) in [6.07, 6.45) is 8.74. The number of aryl methyl sites for hydroxylation is 1. The van der Waals surface area contributed by atoms with Crippen LogP contribution in [-0.2, 0) is 27.8 Å². The first-order valence-corrected chi connectivity index (χ1v) is 15.6. The van der Waals surface area contributed by atoms with Crippen LogP contribution in [0.25, 0.3) is 0 Å². The van der Waals surface area contributed by atoms with E-state index in [0.29, 0.717) is 18.8 Å².